The Kier molecular flexibility index (Phi) is 5.23. The maximum Gasteiger partial charge on any atom is 0.288 e. The second kappa shape index (κ2) is 6.68. The first-order chi connectivity index (χ1) is 9.08. The third kappa shape index (κ3) is 3.56. The molecule has 1 heterocycles. The smallest absolute Gasteiger partial charge is 0.288 e. The summed E-state index contributed by atoms with van der Waals surface area (Å²) in [5.74, 6) is 5.69. The fourth-order valence-electron chi connectivity index (χ4n) is 1.24. The summed E-state index contributed by atoms with van der Waals surface area (Å²) in [5.41, 5.74) is 2.85. The predicted molar refractivity (Wildman–Crippen MR) is 76.7 cm³/mol. The number of anilines is 1. The maximum absolute atomic E-state index is 10.7. The Labute approximate surface area is 124 Å². The number of hydrogen-bond donors (Lipinski definition) is 2. The number of halogens is 2. The molecule has 0 radical (unpaired) electrons. The Balaban J connectivity index is 0.00000200. The van der Waals surface area contributed by atoms with Crippen LogP contribution in [0.3, 0.4) is 0 Å². The standard InChI is InChI=1S/C9H8ClN7O2.ClH/c10-7-2-1-6(3-8(7)17(18)19)4-12-14-9-15-13-5-16(9)11;/h1-5H,11H2,(H,14,15);1H. The number of rotatable bonds is 4. The molecule has 0 aliphatic heterocycles. The lowest BCUT2D eigenvalue weighted by atomic mass is 10.2. The summed E-state index contributed by atoms with van der Waals surface area (Å²) in [6, 6.07) is 4.32. The van der Waals surface area contributed by atoms with Gasteiger partial charge in [-0.1, -0.05) is 17.7 Å². The minimum absolute atomic E-state index is 0. The number of nitro benzene ring substituents is 1. The first-order valence-corrected chi connectivity index (χ1v) is 5.34. The lowest BCUT2D eigenvalue weighted by molar-refractivity contribution is -0.384. The molecule has 0 aliphatic carbocycles. The first-order valence-electron chi connectivity index (χ1n) is 4.96. The molecule has 0 aliphatic rings. The zero-order chi connectivity index (χ0) is 13.8. The molecule has 9 nitrogen and oxygen atoms in total. The maximum atomic E-state index is 10.7. The zero-order valence-corrected chi connectivity index (χ0v) is 11.4. The second-order valence-corrected chi connectivity index (χ2v) is 3.81. The molecule has 0 fully saturated rings. The van der Waals surface area contributed by atoms with Crippen molar-refractivity contribution < 1.29 is 4.92 Å². The Hall–Kier alpha value is -2.39. The van der Waals surface area contributed by atoms with Crippen molar-refractivity contribution >= 4 is 41.9 Å². The van der Waals surface area contributed by atoms with E-state index in [0.29, 0.717) is 5.56 Å². The van der Waals surface area contributed by atoms with Crippen molar-refractivity contribution in [2.24, 2.45) is 5.10 Å². The van der Waals surface area contributed by atoms with E-state index in [9.17, 15) is 10.1 Å². The lowest BCUT2D eigenvalue weighted by Gasteiger charge is -1.98. The molecule has 0 saturated carbocycles. The van der Waals surface area contributed by atoms with Gasteiger partial charge < -0.3 is 5.84 Å². The van der Waals surface area contributed by atoms with Crippen molar-refractivity contribution in [3.8, 4) is 0 Å². The number of nitro groups is 1. The highest BCUT2D eigenvalue weighted by molar-refractivity contribution is 6.32. The molecule has 0 amide bonds. The largest absolute Gasteiger partial charge is 0.335 e. The summed E-state index contributed by atoms with van der Waals surface area (Å²) in [5, 5.41) is 21.8. The summed E-state index contributed by atoms with van der Waals surface area (Å²) >= 11 is 5.69. The van der Waals surface area contributed by atoms with Crippen LogP contribution in [0.4, 0.5) is 11.6 Å². The average Bonchev–Trinajstić information content (AvgIpc) is 2.77. The molecular formula is C9H9Cl2N7O2. The van der Waals surface area contributed by atoms with E-state index in [1.165, 1.54) is 24.7 Å². The molecule has 106 valence electrons. The van der Waals surface area contributed by atoms with Gasteiger partial charge in [-0.05, 0) is 6.07 Å². The molecule has 1 aromatic heterocycles. The van der Waals surface area contributed by atoms with Crippen LogP contribution in [0.5, 0.6) is 0 Å². The predicted octanol–water partition coefficient (Wildman–Crippen LogP) is 1.42. The third-order valence-electron chi connectivity index (χ3n) is 2.12. The van der Waals surface area contributed by atoms with Gasteiger partial charge in [0.05, 0.1) is 11.1 Å². The fourth-order valence-corrected chi connectivity index (χ4v) is 1.42. The zero-order valence-electron chi connectivity index (χ0n) is 9.80. The molecule has 0 atom stereocenters. The highest BCUT2D eigenvalue weighted by Gasteiger charge is 2.11. The fraction of sp³-hybridized carbons (Fsp3) is 0. The molecule has 3 N–H and O–H groups in total. The van der Waals surface area contributed by atoms with Gasteiger partial charge in [0.15, 0.2) is 0 Å². The van der Waals surface area contributed by atoms with Gasteiger partial charge in [0, 0.05) is 11.6 Å². The minimum Gasteiger partial charge on any atom is -0.335 e. The van der Waals surface area contributed by atoms with Crippen LogP contribution in [-0.4, -0.2) is 26.0 Å². The van der Waals surface area contributed by atoms with Crippen molar-refractivity contribution in [2.75, 3.05) is 11.3 Å². The number of benzene rings is 1. The summed E-state index contributed by atoms with van der Waals surface area (Å²) in [4.78, 5) is 10.1. The van der Waals surface area contributed by atoms with Gasteiger partial charge in [-0.2, -0.15) is 5.10 Å². The quantitative estimate of drug-likeness (QED) is 0.380. The van der Waals surface area contributed by atoms with Crippen molar-refractivity contribution in [1.82, 2.24) is 14.9 Å². The van der Waals surface area contributed by atoms with Crippen LogP contribution < -0.4 is 11.3 Å². The molecule has 0 bridgehead atoms. The highest BCUT2D eigenvalue weighted by atomic mass is 35.5. The molecule has 20 heavy (non-hydrogen) atoms. The molecule has 11 heteroatoms. The third-order valence-corrected chi connectivity index (χ3v) is 2.44. The number of nitrogens with one attached hydrogen (secondary N) is 1. The summed E-state index contributed by atoms with van der Waals surface area (Å²) in [7, 11) is 0. The number of aromatic nitrogens is 3. The van der Waals surface area contributed by atoms with Crippen LogP contribution in [0.25, 0.3) is 0 Å². The summed E-state index contributed by atoms with van der Waals surface area (Å²) in [6.07, 6.45) is 2.67. The van der Waals surface area contributed by atoms with Gasteiger partial charge >= 0.3 is 0 Å². The van der Waals surface area contributed by atoms with E-state index in [4.69, 9.17) is 17.4 Å². The van der Waals surface area contributed by atoms with Gasteiger partial charge in [0.2, 0.25) is 0 Å². The number of nitrogen functional groups attached to an aromatic ring is 1. The molecule has 0 unspecified atom stereocenters. The van der Waals surface area contributed by atoms with E-state index < -0.39 is 4.92 Å². The van der Waals surface area contributed by atoms with Crippen LogP contribution >= 0.6 is 24.0 Å². The van der Waals surface area contributed by atoms with Gasteiger partial charge in [0.1, 0.15) is 11.3 Å². The summed E-state index contributed by atoms with van der Waals surface area (Å²) < 4.78 is 1.14. The van der Waals surface area contributed by atoms with Crippen molar-refractivity contribution in [2.45, 2.75) is 0 Å². The van der Waals surface area contributed by atoms with Gasteiger partial charge in [-0.25, -0.2) is 10.1 Å². The van der Waals surface area contributed by atoms with Crippen LogP contribution in [0.2, 0.25) is 5.02 Å². The van der Waals surface area contributed by atoms with E-state index in [-0.39, 0.29) is 29.1 Å². The van der Waals surface area contributed by atoms with Crippen LogP contribution in [0, 0.1) is 10.1 Å². The molecule has 0 spiro atoms. The van der Waals surface area contributed by atoms with E-state index in [1.54, 1.807) is 6.07 Å². The topological polar surface area (TPSA) is 124 Å². The Morgan fingerprint density at radius 3 is 2.90 bits per heavy atom. The monoisotopic (exact) mass is 317 g/mol. The Morgan fingerprint density at radius 1 is 1.55 bits per heavy atom. The molecule has 1 aromatic carbocycles. The molecule has 2 aromatic rings. The Morgan fingerprint density at radius 2 is 2.30 bits per heavy atom. The van der Waals surface area contributed by atoms with Crippen molar-refractivity contribution in [3.63, 3.8) is 0 Å². The normalized spacial score (nSPS) is 10.2. The van der Waals surface area contributed by atoms with Gasteiger partial charge in [-0.15, -0.1) is 22.6 Å². The SMILES string of the molecule is Cl.Nn1cnnc1NN=Cc1ccc(Cl)c([N+](=O)[O-])c1. The average molecular weight is 318 g/mol. The number of hydrazone groups is 1. The van der Waals surface area contributed by atoms with Crippen LogP contribution in [-0.2, 0) is 0 Å². The van der Waals surface area contributed by atoms with Crippen molar-refractivity contribution in [1.29, 1.82) is 0 Å². The molecule has 0 saturated heterocycles. The van der Waals surface area contributed by atoms with Gasteiger partial charge in [-0.3, -0.25) is 10.1 Å². The minimum atomic E-state index is -0.566. The molecule has 2 rings (SSSR count). The van der Waals surface area contributed by atoms with E-state index >= 15 is 0 Å². The highest BCUT2D eigenvalue weighted by Crippen LogP contribution is 2.24. The van der Waals surface area contributed by atoms with E-state index in [2.05, 4.69) is 20.7 Å². The van der Waals surface area contributed by atoms with Crippen LogP contribution in [0.1, 0.15) is 5.56 Å². The van der Waals surface area contributed by atoms with Gasteiger partial charge in [0.25, 0.3) is 11.6 Å². The van der Waals surface area contributed by atoms with Crippen LogP contribution in [0.15, 0.2) is 29.6 Å². The van der Waals surface area contributed by atoms with E-state index in [1.807, 2.05) is 0 Å². The molecular weight excluding hydrogens is 309 g/mol. The number of nitrogens with zero attached hydrogens (tertiary/aromatic N) is 5. The van der Waals surface area contributed by atoms with Crippen molar-refractivity contribution in [3.05, 3.63) is 45.2 Å². The second-order valence-electron chi connectivity index (χ2n) is 3.40. The first kappa shape index (κ1) is 15.7. The Bertz CT molecular complexity index is 643. The lowest BCUT2D eigenvalue weighted by Crippen LogP contribution is -2.10. The number of nitrogens with two attached hydrogens (primary N) is 1. The summed E-state index contributed by atoms with van der Waals surface area (Å²) in [6.45, 7) is 0. The van der Waals surface area contributed by atoms with E-state index in [0.717, 1.165) is 4.68 Å². The number of hydrogen-bond acceptors (Lipinski definition) is 7.